The van der Waals surface area contributed by atoms with Crippen LogP contribution in [0.4, 0.5) is 0 Å². The second-order valence-electron chi connectivity index (χ2n) is 3.44. The van der Waals surface area contributed by atoms with Gasteiger partial charge < -0.3 is 0 Å². The first-order valence-electron chi connectivity index (χ1n) is 6.80. The van der Waals surface area contributed by atoms with Crippen LogP contribution in [0.1, 0.15) is 58.6 Å². The molecule has 0 N–H and O–H groups in total. The Bertz CT molecular complexity index is 208. The lowest BCUT2D eigenvalue weighted by Gasteiger charge is -1.97. The molecule has 17 heavy (non-hydrogen) atoms. The van der Waals surface area contributed by atoms with Gasteiger partial charge in [-0.3, -0.25) is 0 Å². The molecular weight excluding hydrogens is 204 g/mol. The zero-order valence-electron chi connectivity index (χ0n) is 12.8. The summed E-state index contributed by atoms with van der Waals surface area (Å²) in [6, 6.07) is 8.76. The third kappa shape index (κ3) is 17.6. The van der Waals surface area contributed by atoms with Gasteiger partial charge in [0.15, 0.2) is 0 Å². The molecule has 0 nitrogen and oxygen atoms in total. The van der Waals surface area contributed by atoms with Gasteiger partial charge in [0.2, 0.25) is 0 Å². The molecule has 0 aliphatic rings. The van der Waals surface area contributed by atoms with Gasteiger partial charge in [-0.05, 0) is 18.9 Å². The summed E-state index contributed by atoms with van der Waals surface area (Å²) in [4.78, 5) is 0. The number of rotatable bonds is 2. The molecule has 0 amide bonds. The molecule has 0 bridgehead atoms. The maximum Gasteiger partial charge on any atom is -0.0281 e. The van der Waals surface area contributed by atoms with Gasteiger partial charge in [-0.15, -0.1) is 13.2 Å². The molecule has 1 aromatic rings. The number of benzene rings is 1. The van der Waals surface area contributed by atoms with E-state index in [1.165, 1.54) is 30.4 Å². The lowest BCUT2D eigenvalue weighted by Crippen LogP contribution is -1.81. The SMILES string of the molecule is C=C.CC.CCC.CCCc1ccc(C)cc1. The Labute approximate surface area is 110 Å². The topological polar surface area (TPSA) is 0 Å². The van der Waals surface area contributed by atoms with Gasteiger partial charge in [0.05, 0.1) is 0 Å². The molecule has 1 rings (SSSR count). The largest absolute Gasteiger partial charge is 0.106 e. The van der Waals surface area contributed by atoms with Crippen LogP contribution >= 0.6 is 0 Å². The van der Waals surface area contributed by atoms with Crippen LogP contribution in [0.5, 0.6) is 0 Å². The van der Waals surface area contributed by atoms with Crippen molar-refractivity contribution in [2.24, 2.45) is 0 Å². The average Bonchev–Trinajstić information content (AvgIpc) is 2.38. The van der Waals surface area contributed by atoms with E-state index in [9.17, 15) is 0 Å². The molecule has 0 heteroatoms. The van der Waals surface area contributed by atoms with Gasteiger partial charge >= 0.3 is 0 Å². The van der Waals surface area contributed by atoms with E-state index in [0.717, 1.165) is 0 Å². The van der Waals surface area contributed by atoms with Crippen LogP contribution < -0.4 is 0 Å². The minimum Gasteiger partial charge on any atom is -0.106 e. The smallest absolute Gasteiger partial charge is 0.0281 e. The summed E-state index contributed by atoms with van der Waals surface area (Å²) in [5.41, 5.74) is 2.80. The summed E-state index contributed by atoms with van der Waals surface area (Å²) in [6.07, 6.45) is 3.70. The predicted octanol–water partition coefficient (Wildman–Crippen LogP) is 6.19. The standard InChI is InChI=1S/C10H14.C3H8.C2H6.C2H4/c1-3-4-10-7-5-9(2)6-8-10;1-3-2;2*1-2/h5-8H,3-4H2,1-2H3;3H2,1-2H3;1-2H3;1-2H2. The average molecular weight is 236 g/mol. The van der Waals surface area contributed by atoms with Crippen LogP contribution in [0, 0.1) is 6.92 Å². The maximum absolute atomic E-state index is 3.00. The second-order valence-corrected chi connectivity index (χ2v) is 3.44. The minimum absolute atomic E-state index is 1.21. The van der Waals surface area contributed by atoms with Crippen LogP contribution in [0.15, 0.2) is 37.4 Å². The molecule has 0 spiro atoms. The van der Waals surface area contributed by atoms with E-state index >= 15 is 0 Å². The van der Waals surface area contributed by atoms with Gasteiger partial charge in [0.25, 0.3) is 0 Å². The molecule has 0 unspecified atom stereocenters. The highest BCUT2D eigenvalue weighted by atomic mass is 13.9. The zero-order valence-corrected chi connectivity index (χ0v) is 12.8. The summed E-state index contributed by atoms with van der Waals surface area (Å²) in [6.45, 7) is 18.6. The van der Waals surface area contributed by atoms with Crippen molar-refractivity contribution in [3.05, 3.63) is 48.6 Å². The zero-order chi connectivity index (χ0) is 14.1. The Balaban J connectivity index is -0.000000239. The Kier molecular flexibility index (Phi) is 25.5. The van der Waals surface area contributed by atoms with E-state index in [0.29, 0.717) is 0 Å². The summed E-state index contributed by atoms with van der Waals surface area (Å²) in [5, 5.41) is 0. The van der Waals surface area contributed by atoms with Gasteiger partial charge in [-0.25, -0.2) is 0 Å². The van der Waals surface area contributed by atoms with Gasteiger partial charge in [0, 0.05) is 0 Å². The highest BCUT2D eigenvalue weighted by Crippen LogP contribution is 2.04. The molecular formula is C17H32. The number of hydrogen-bond acceptors (Lipinski definition) is 0. The molecule has 0 aromatic heterocycles. The van der Waals surface area contributed by atoms with Gasteiger partial charge in [-0.1, -0.05) is 77.3 Å². The fourth-order valence-electron chi connectivity index (χ4n) is 1.04. The predicted molar refractivity (Wildman–Crippen MR) is 83.7 cm³/mol. The lowest BCUT2D eigenvalue weighted by atomic mass is 10.1. The minimum atomic E-state index is 1.21. The van der Waals surface area contributed by atoms with E-state index in [2.05, 4.69) is 65.1 Å². The summed E-state index contributed by atoms with van der Waals surface area (Å²) >= 11 is 0. The first kappa shape index (κ1) is 21.3. The van der Waals surface area contributed by atoms with E-state index in [-0.39, 0.29) is 0 Å². The van der Waals surface area contributed by atoms with E-state index in [1.807, 2.05) is 13.8 Å². The summed E-state index contributed by atoms with van der Waals surface area (Å²) < 4.78 is 0. The van der Waals surface area contributed by atoms with Crippen molar-refractivity contribution in [1.82, 2.24) is 0 Å². The highest BCUT2D eigenvalue weighted by Gasteiger charge is 1.87. The normalized spacial score (nSPS) is 7.41. The van der Waals surface area contributed by atoms with Crippen molar-refractivity contribution < 1.29 is 0 Å². The first-order valence-corrected chi connectivity index (χ1v) is 6.80. The van der Waals surface area contributed by atoms with E-state index < -0.39 is 0 Å². The van der Waals surface area contributed by atoms with Crippen molar-refractivity contribution in [1.29, 1.82) is 0 Å². The summed E-state index contributed by atoms with van der Waals surface area (Å²) in [7, 11) is 0. The molecule has 0 heterocycles. The van der Waals surface area contributed by atoms with E-state index in [4.69, 9.17) is 0 Å². The quantitative estimate of drug-likeness (QED) is 0.537. The van der Waals surface area contributed by atoms with Crippen LogP contribution in [0.2, 0.25) is 0 Å². The molecule has 0 atom stereocenters. The van der Waals surface area contributed by atoms with Crippen molar-refractivity contribution in [3.8, 4) is 0 Å². The monoisotopic (exact) mass is 236 g/mol. The molecule has 0 aliphatic carbocycles. The summed E-state index contributed by atoms with van der Waals surface area (Å²) in [5.74, 6) is 0. The molecule has 0 saturated heterocycles. The maximum atomic E-state index is 3.00. The molecule has 0 saturated carbocycles. The van der Waals surface area contributed by atoms with Crippen molar-refractivity contribution in [2.45, 2.75) is 60.8 Å². The van der Waals surface area contributed by atoms with Crippen molar-refractivity contribution in [2.75, 3.05) is 0 Å². The second kappa shape index (κ2) is 20.4. The first-order chi connectivity index (χ1) is 8.24. The molecule has 1 aromatic carbocycles. The third-order valence-corrected chi connectivity index (χ3v) is 1.66. The Morgan fingerprint density at radius 3 is 1.53 bits per heavy atom. The Hall–Kier alpha value is -1.04. The van der Waals surface area contributed by atoms with Crippen molar-refractivity contribution in [3.63, 3.8) is 0 Å². The molecule has 0 aliphatic heterocycles. The van der Waals surface area contributed by atoms with Crippen molar-refractivity contribution >= 4 is 0 Å². The van der Waals surface area contributed by atoms with Gasteiger partial charge in [-0.2, -0.15) is 0 Å². The lowest BCUT2D eigenvalue weighted by molar-refractivity contribution is 0.921. The molecule has 100 valence electrons. The third-order valence-electron chi connectivity index (χ3n) is 1.66. The van der Waals surface area contributed by atoms with Gasteiger partial charge in [0.1, 0.15) is 0 Å². The van der Waals surface area contributed by atoms with Crippen LogP contribution in [0.3, 0.4) is 0 Å². The Morgan fingerprint density at radius 1 is 0.882 bits per heavy atom. The van der Waals surface area contributed by atoms with Crippen LogP contribution in [0.25, 0.3) is 0 Å². The Morgan fingerprint density at radius 2 is 1.24 bits per heavy atom. The number of aryl methyl sites for hydroxylation is 2. The fraction of sp³-hybridized carbons (Fsp3) is 0.529. The molecule has 0 fully saturated rings. The fourth-order valence-corrected chi connectivity index (χ4v) is 1.04. The number of hydrogen-bond donors (Lipinski definition) is 0. The van der Waals surface area contributed by atoms with Crippen LogP contribution in [-0.2, 0) is 6.42 Å². The van der Waals surface area contributed by atoms with E-state index in [1.54, 1.807) is 0 Å². The highest BCUT2D eigenvalue weighted by molar-refractivity contribution is 5.21. The van der Waals surface area contributed by atoms with Crippen LogP contribution in [-0.4, -0.2) is 0 Å². The molecule has 0 radical (unpaired) electrons.